The molecule has 21 heavy (non-hydrogen) atoms. The van der Waals surface area contributed by atoms with Gasteiger partial charge in [0.25, 0.3) is 0 Å². The van der Waals surface area contributed by atoms with Gasteiger partial charge in [0, 0.05) is 23.0 Å². The van der Waals surface area contributed by atoms with Crippen LogP contribution in [0.5, 0.6) is 0 Å². The van der Waals surface area contributed by atoms with Crippen molar-refractivity contribution < 1.29 is 4.79 Å². The fourth-order valence-electron chi connectivity index (χ4n) is 2.79. The topological polar surface area (TPSA) is 17.1 Å². The minimum Gasteiger partial charge on any atom is -0.294 e. The highest BCUT2D eigenvalue weighted by atomic mass is 32.2. The van der Waals surface area contributed by atoms with Crippen LogP contribution in [0.25, 0.3) is 0 Å². The zero-order chi connectivity index (χ0) is 14.7. The van der Waals surface area contributed by atoms with E-state index in [0.29, 0.717) is 0 Å². The zero-order valence-corrected chi connectivity index (χ0v) is 13.6. The molecule has 3 rings (SSSR count). The number of ketones is 1. The maximum absolute atomic E-state index is 12.9. The summed E-state index contributed by atoms with van der Waals surface area (Å²) in [6.45, 7) is 2.08. The Hall–Kier alpha value is -1.19. The third kappa shape index (κ3) is 2.77. The molecule has 2 aromatic carbocycles. The highest BCUT2D eigenvalue weighted by Crippen LogP contribution is 2.57. The molecule has 1 unspecified atom stereocenters. The monoisotopic (exact) mass is 314 g/mol. The molecular weight excluding hydrogens is 296 g/mol. The van der Waals surface area contributed by atoms with E-state index in [-0.39, 0.29) is 15.8 Å². The van der Waals surface area contributed by atoms with E-state index in [1.807, 2.05) is 59.9 Å². The molecule has 1 atom stereocenters. The molecule has 0 spiro atoms. The molecule has 0 aliphatic carbocycles. The van der Waals surface area contributed by atoms with Crippen molar-refractivity contribution in [2.24, 2.45) is 5.92 Å². The summed E-state index contributed by atoms with van der Waals surface area (Å²) in [5.74, 6) is 2.40. The standard InChI is InChI=1S/C18H18OS2/c1-14(17(19)15-8-4-2-5-9-15)18(20-12-13-21-18)16-10-6-3-7-11-16/h2-11,14H,12-13H2,1H3. The fraction of sp³-hybridized carbons (Fsp3) is 0.278. The number of carbonyl (C=O) groups excluding carboxylic acids is 1. The van der Waals surface area contributed by atoms with Crippen molar-refractivity contribution in [3.05, 3.63) is 71.8 Å². The summed E-state index contributed by atoms with van der Waals surface area (Å²) in [6, 6.07) is 20.1. The van der Waals surface area contributed by atoms with Crippen LogP contribution in [0, 0.1) is 5.92 Å². The Balaban J connectivity index is 1.97. The van der Waals surface area contributed by atoms with Gasteiger partial charge in [-0.2, -0.15) is 0 Å². The molecule has 2 aromatic rings. The Kier molecular flexibility index (Phi) is 4.41. The van der Waals surface area contributed by atoms with E-state index in [2.05, 4.69) is 31.2 Å². The summed E-state index contributed by atoms with van der Waals surface area (Å²) in [5, 5.41) is 0. The van der Waals surface area contributed by atoms with E-state index in [9.17, 15) is 4.79 Å². The molecule has 1 fully saturated rings. The van der Waals surface area contributed by atoms with Gasteiger partial charge in [-0.3, -0.25) is 4.79 Å². The fourth-order valence-corrected chi connectivity index (χ4v) is 6.22. The van der Waals surface area contributed by atoms with Crippen LogP contribution in [0.3, 0.4) is 0 Å². The highest BCUT2D eigenvalue weighted by molar-refractivity contribution is 8.20. The van der Waals surface area contributed by atoms with Crippen LogP contribution in [0.15, 0.2) is 60.7 Å². The molecule has 0 amide bonds. The molecule has 1 heterocycles. The first-order valence-electron chi connectivity index (χ1n) is 7.17. The number of hydrogen-bond acceptors (Lipinski definition) is 3. The predicted octanol–water partition coefficient (Wildman–Crippen LogP) is 4.84. The van der Waals surface area contributed by atoms with Gasteiger partial charge in [0.1, 0.15) is 0 Å². The van der Waals surface area contributed by atoms with Crippen LogP contribution < -0.4 is 0 Å². The van der Waals surface area contributed by atoms with Crippen LogP contribution in [-0.4, -0.2) is 17.3 Å². The lowest BCUT2D eigenvalue weighted by Gasteiger charge is -2.33. The lowest BCUT2D eigenvalue weighted by atomic mass is 9.91. The summed E-state index contributed by atoms with van der Waals surface area (Å²) in [6.07, 6.45) is 0. The Labute approximate surface area is 134 Å². The van der Waals surface area contributed by atoms with Crippen molar-refractivity contribution in [1.82, 2.24) is 0 Å². The molecule has 0 saturated carbocycles. The van der Waals surface area contributed by atoms with Crippen molar-refractivity contribution in [2.45, 2.75) is 11.0 Å². The molecular formula is C18H18OS2. The van der Waals surface area contributed by atoms with E-state index in [4.69, 9.17) is 0 Å². The summed E-state index contributed by atoms with van der Waals surface area (Å²) < 4.78 is -0.145. The number of benzene rings is 2. The lowest BCUT2D eigenvalue weighted by Crippen LogP contribution is -2.31. The Morgan fingerprint density at radius 1 is 0.952 bits per heavy atom. The number of hydrogen-bond donors (Lipinski definition) is 0. The van der Waals surface area contributed by atoms with Crippen molar-refractivity contribution in [2.75, 3.05) is 11.5 Å². The second-order valence-electron chi connectivity index (χ2n) is 5.18. The SMILES string of the molecule is CC(C(=O)c1ccccc1)C1(c2ccccc2)SCCS1. The van der Waals surface area contributed by atoms with Crippen LogP contribution in [0.4, 0.5) is 0 Å². The smallest absolute Gasteiger partial charge is 0.168 e. The summed E-state index contributed by atoms with van der Waals surface area (Å²) in [5.41, 5.74) is 2.07. The molecule has 0 aromatic heterocycles. The van der Waals surface area contributed by atoms with Gasteiger partial charge in [-0.05, 0) is 5.56 Å². The highest BCUT2D eigenvalue weighted by Gasteiger charge is 2.45. The van der Waals surface area contributed by atoms with Crippen molar-refractivity contribution in [3.8, 4) is 0 Å². The van der Waals surface area contributed by atoms with Gasteiger partial charge in [-0.15, -0.1) is 23.5 Å². The van der Waals surface area contributed by atoms with Crippen molar-refractivity contribution in [3.63, 3.8) is 0 Å². The average Bonchev–Trinajstić information content (AvgIpc) is 3.06. The minimum absolute atomic E-state index is 0.0419. The normalized spacial score (nSPS) is 18.3. The van der Waals surface area contributed by atoms with E-state index >= 15 is 0 Å². The van der Waals surface area contributed by atoms with Crippen molar-refractivity contribution >= 4 is 29.3 Å². The zero-order valence-electron chi connectivity index (χ0n) is 12.0. The molecule has 108 valence electrons. The minimum atomic E-state index is -0.145. The molecule has 0 bridgehead atoms. The summed E-state index contributed by atoms with van der Waals surface area (Å²) >= 11 is 3.83. The van der Waals surface area contributed by atoms with E-state index < -0.39 is 0 Å². The third-order valence-electron chi connectivity index (χ3n) is 3.91. The van der Waals surface area contributed by atoms with Crippen LogP contribution in [0.2, 0.25) is 0 Å². The number of Topliss-reactive ketones (excluding diaryl/α,β-unsaturated/α-hetero) is 1. The quantitative estimate of drug-likeness (QED) is 0.752. The van der Waals surface area contributed by atoms with Gasteiger partial charge >= 0.3 is 0 Å². The molecule has 0 N–H and O–H groups in total. The molecule has 1 aliphatic rings. The molecule has 3 heteroatoms. The average molecular weight is 314 g/mol. The number of carbonyl (C=O) groups is 1. The first-order valence-corrected chi connectivity index (χ1v) is 9.14. The van der Waals surface area contributed by atoms with Crippen LogP contribution >= 0.6 is 23.5 Å². The molecule has 0 radical (unpaired) electrons. The first-order chi connectivity index (χ1) is 10.2. The predicted molar refractivity (Wildman–Crippen MR) is 93.0 cm³/mol. The summed E-state index contributed by atoms with van der Waals surface area (Å²) in [4.78, 5) is 12.9. The first kappa shape index (κ1) is 14.7. The maximum Gasteiger partial charge on any atom is 0.168 e. The van der Waals surface area contributed by atoms with Gasteiger partial charge in [0.2, 0.25) is 0 Å². The third-order valence-corrected chi connectivity index (χ3v) is 7.73. The molecule has 1 saturated heterocycles. The van der Waals surface area contributed by atoms with Gasteiger partial charge in [-0.25, -0.2) is 0 Å². The second kappa shape index (κ2) is 6.29. The van der Waals surface area contributed by atoms with Crippen LogP contribution in [0.1, 0.15) is 22.8 Å². The Morgan fingerprint density at radius 3 is 2.05 bits per heavy atom. The van der Waals surface area contributed by atoms with E-state index in [0.717, 1.165) is 17.1 Å². The summed E-state index contributed by atoms with van der Waals surface area (Å²) in [7, 11) is 0. The maximum atomic E-state index is 12.9. The van der Waals surface area contributed by atoms with Gasteiger partial charge in [0.05, 0.1) is 4.08 Å². The van der Waals surface area contributed by atoms with Gasteiger partial charge in [-0.1, -0.05) is 67.6 Å². The Morgan fingerprint density at radius 2 is 1.48 bits per heavy atom. The van der Waals surface area contributed by atoms with Crippen molar-refractivity contribution in [1.29, 1.82) is 0 Å². The lowest BCUT2D eigenvalue weighted by molar-refractivity contribution is 0.0922. The number of thioether (sulfide) groups is 2. The largest absolute Gasteiger partial charge is 0.294 e. The number of rotatable bonds is 4. The molecule has 1 aliphatic heterocycles. The van der Waals surface area contributed by atoms with E-state index in [1.54, 1.807) is 0 Å². The molecule has 1 nitrogen and oxygen atoms in total. The van der Waals surface area contributed by atoms with Gasteiger partial charge in [0.15, 0.2) is 5.78 Å². The second-order valence-corrected chi connectivity index (χ2v) is 8.12. The van der Waals surface area contributed by atoms with Crippen LogP contribution in [-0.2, 0) is 4.08 Å². The van der Waals surface area contributed by atoms with E-state index in [1.165, 1.54) is 5.56 Å². The Bertz CT molecular complexity index is 604. The van der Waals surface area contributed by atoms with Gasteiger partial charge < -0.3 is 0 Å².